The second-order valence-corrected chi connectivity index (χ2v) is 12.1. The molecule has 1 aliphatic rings. The summed E-state index contributed by atoms with van der Waals surface area (Å²) in [5.74, 6) is -0.342. The number of aromatic nitrogens is 4. The van der Waals surface area contributed by atoms with Gasteiger partial charge in [-0.05, 0) is 27.8 Å². The highest BCUT2D eigenvalue weighted by Gasteiger charge is 2.48. The van der Waals surface area contributed by atoms with Crippen LogP contribution in [-0.2, 0) is 42.6 Å². The fourth-order valence-electron chi connectivity index (χ4n) is 6.29. The molecule has 3 aromatic carbocycles. The third-order valence-electron chi connectivity index (χ3n) is 8.89. The Morgan fingerprint density at radius 2 is 1.53 bits per heavy atom. The Balaban J connectivity index is 1.39. The van der Waals surface area contributed by atoms with E-state index in [9.17, 15) is 24.9 Å². The number of fused-ring (bicyclic) bond motifs is 1. The number of rotatable bonds is 14. The van der Waals surface area contributed by atoms with Gasteiger partial charge in [-0.3, -0.25) is 14.2 Å². The molecule has 0 radical (unpaired) electrons. The molecule has 2 aromatic heterocycles. The molecule has 1 unspecified atom stereocenters. The van der Waals surface area contributed by atoms with Crippen LogP contribution in [0.2, 0.25) is 0 Å². The number of nitrogens with zero attached hydrogens (tertiary/aromatic N) is 4. The molecule has 5 N–H and O–H groups in total. The van der Waals surface area contributed by atoms with Crippen molar-refractivity contribution < 1.29 is 39.1 Å². The highest BCUT2D eigenvalue weighted by atomic mass is 16.6. The fourth-order valence-corrected chi connectivity index (χ4v) is 6.29. The number of benzene rings is 3. The predicted molar refractivity (Wildman–Crippen MR) is 185 cm³/mol. The Morgan fingerprint density at radius 3 is 2.12 bits per heavy atom. The van der Waals surface area contributed by atoms with Gasteiger partial charge >= 0.3 is 0 Å². The largest absolute Gasteiger partial charge is 0.392 e. The standard InChI is InChI=1S/C37H40N6O8/c1-23(46)42-34-31-35(40-21-39-34)43(22-41-31)36-33(49-17-16-30(47)38-2)32(48)29(51-36)20-50-37(26-6-4-3-5-7-26,27-12-8-24(18-44)9-13-27)28-14-10-25(19-45)11-15-28/h3-15,21-22,29,32-33,36,44-45,48H,16-20H2,1-2H3,(H,38,47)(H,39,40,42,46)/t29-,32+,33?,36-/m1/s1. The van der Waals surface area contributed by atoms with Gasteiger partial charge in [0.25, 0.3) is 0 Å². The van der Waals surface area contributed by atoms with Crippen molar-refractivity contribution in [1.29, 1.82) is 0 Å². The maximum Gasteiger partial charge on any atom is 0.222 e. The fraction of sp³-hybridized carbons (Fsp3) is 0.324. The Bertz CT molecular complexity index is 1890. The van der Waals surface area contributed by atoms with Crippen LogP contribution < -0.4 is 10.6 Å². The number of imidazole rings is 1. The van der Waals surface area contributed by atoms with Gasteiger partial charge in [0.05, 0.1) is 32.8 Å². The summed E-state index contributed by atoms with van der Waals surface area (Å²) in [5, 5.41) is 36.6. The van der Waals surface area contributed by atoms with Crippen LogP contribution in [0.4, 0.5) is 5.82 Å². The van der Waals surface area contributed by atoms with Gasteiger partial charge in [0.2, 0.25) is 11.8 Å². The molecular weight excluding hydrogens is 656 g/mol. The number of hydrogen-bond acceptors (Lipinski definition) is 11. The van der Waals surface area contributed by atoms with Crippen molar-refractivity contribution in [3.63, 3.8) is 0 Å². The summed E-state index contributed by atoms with van der Waals surface area (Å²) >= 11 is 0. The molecule has 14 heteroatoms. The number of aliphatic hydroxyl groups excluding tert-OH is 3. The zero-order valence-corrected chi connectivity index (χ0v) is 28.2. The highest BCUT2D eigenvalue weighted by molar-refractivity contribution is 5.95. The third kappa shape index (κ3) is 7.37. The van der Waals surface area contributed by atoms with Gasteiger partial charge in [-0.25, -0.2) is 15.0 Å². The SMILES string of the molecule is CNC(=O)CCOC1[C@@H](O)[C@@H](COC(c2ccccc2)(c2ccc(CO)cc2)c2ccc(CO)cc2)O[C@H]1n1cnc2c(NC(C)=O)ncnc21. The van der Waals surface area contributed by atoms with Gasteiger partial charge in [0.1, 0.15) is 30.2 Å². The molecule has 2 amide bonds. The number of aliphatic hydroxyl groups is 3. The number of nitrogens with one attached hydrogen (secondary N) is 2. The number of amides is 2. The molecule has 0 spiro atoms. The van der Waals surface area contributed by atoms with Crippen LogP contribution in [0.5, 0.6) is 0 Å². The Kier molecular flexibility index (Phi) is 11.1. The summed E-state index contributed by atoms with van der Waals surface area (Å²) in [7, 11) is 1.53. The molecule has 1 saturated heterocycles. The van der Waals surface area contributed by atoms with Crippen LogP contribution >= 0.6 is 0 Å². The second kappa shape index (κ2) is 15.9. The maximum absolute atomic E-state index is 12.0. The van der Waals surface area contributed by atoms with E-state index in [1.54, 1.807) is 4.57 Å². The van der Waals surface area contributed by atoms with Crippen molar-refractivity contribution in [1.82, 2.24) is 24.8 Å². The number of hydrogen-bond donors (Lipinski definition) is 5. The van der Waals surface area contributed by atoms with E-state index in [1.807, 2.05) is 78.9 Å². The first-order valence-corrected chi connectivity index (χ1v) is 16.5. The number of anilines is 1. The van der Waals surface area contributed by atoms with E-state index in [-0.39, 0.29) is 50.5 Å². The van der Waals surface area contributed by atoms with E-state index in [4.69, 9.17) is 14.2 Å². The topological polar surface area (TPSA) is 190 Å². The molecule has 266 valence electrons. The summed E-state index contributed by atoms with van der Waals surface area (Å²) < 4.78 is 21.2. The highest BCUT2D eigenvalue weighted by Crippen LogP contribution is 2.43. The first-order chi connectivity index (χ1) is 24.8. The van der Waals surface area contributed by atoms with Crippen molar-refractivity contribution in [2.75, 3.05) is 25.6 Å². The monoisotopic (exact) mass is 696 g/mol. The molecule has 0 aliphatic carbocycles. The maximum atomic E-state index is 12.0. The summed E-state index contributed by atoms with van der Waals surface area (Å²) in [6.45, 7) is 0.977. The minimum absolute atomic E-state index is 0.00401. The van der Waals surface area contributed by atoms with Gasteiger partial charge in [0.15, 0.2) is 23.2 Å². The van der Waals surface area contributed by atoms with Crippen LogP contribution in [0.3, 0.4) is 0 Å². The Labute approximate surface area is 294 Å². The van der Waals surface area contributed by atoms with Crippen LogP contribution in [0.1, 0.15) is 47.4 Å². The Hall–Kier alpha value is -5.09. The lowest BCUT2D eigenvalue weighted by molar-refractivity contribution is -0.124. The smallest absolute Gasteiger partial charge is 0.222 e. The lowest BCUT2D eigenvalue weighted by Crippen LogP contribution is -2.40. The summed E-state index contributed by atoms with van der Waals surface area (Å²) in [5.41, 5.74) is 3.19. The van der Waals surface area contributed by atoms with Crippen molar-refractivity contribution in [2.45, 2.75) is 56.7 Å². The minimum atomic E-state index is -1.23. The second-order valence-electron chi connectivity index (χ2n) is 12.1. The van der Waals surface area contributed by atoms with E-state index in [0.717, 1.165) is 27.8 Å². The van der Waals surface area contributed by atoms with E-state index < -0.39 is 30.1 Å². The molecule has 14 nitrogen and oxygen atoms in total. The molecule has 1 aliphatic heterocycles. The lowest BCUT2D eigenvalue weighted by atomic mass is 9.79. The van der Waals surface area contributed by atoms with Gasteiger partial charge in [0, 0.05) is 20.4 Å². The quantitative estimate of drug-likeness (QED) is 0.107. The Morgan fingerprint density at radius 1 is 0.902 bits per heavy atom. The van der Waals surface area contributed by atoms with Gasteiger partial charge in [-0.2, -0.15) is 0 Å². The third-order valence-corrected chi connectivity index (χ3v) is 8.89. The molecule has 0 saturated carbocycles. The van der Waals surface area contributed by atoms with Crippen molar-refractivity contribution in [3.05, 3.63) is 119 Å². The average molecular weight is 697 g/mol. The van der Waals surface area contributed by atoms with Crippen LogP contribution in [0.15, 0.2) is 91.5 Å². The number of carbonyl (C=O) groups is 2. The van der Waals surface area contributed by atoms with E-state index in [1.165, 1.54) is 26.6 Å². The number of carbonyl (C=O) groups excluding carboxylic acids is 2. The molecule has 4 atom stereocenters. The first-order valence-electron chi connectivity index (χ1n) is 16.5. The zero-order chi connectivity index (χ0) is 36.0. The van der Waals surface area contributed by atoms with Crippen molar-refractivity contribution >= 4 is 28.8 Å². The van der Waals surface area contributed by atoms with Crippen LogP contribution in [0, 0.1) is 0 Å². The molecular formula is C37H40N6O8. The van der Waals surface area contributed by atoms with Crippen LogP contribution in [0.25, 0.3) is 11.2 Å². The van der Waals surface area contributed by atoms with Gasteiger partial charge in [-0.1, -0.05) is 78.9 Å². The normalized spacial score (nSPS) is 18.9. The molecule has 51 heavy (non-hydrogen) atoms. The summed E-state index contributed by atoms with van der Waals surface area (Å²) in [6, 6.07) is 24.5. The molecule has 6 rings (SSSR count). The summed E-state index contributed by atoms with van der Waals surface area (Å²) in [6.07, 6.45) is -1.28. The lowest BCUT2D eigenvalue weighted by Gasteiger charge is -2.37. The van der Waals surface area contributed by atoms with Crippen LogP contribution in [-0.4, -0.2) is 85.2 Å². The van der Waals surface area contributed by atoms with E-state index in [0.29, 0.717) is 11.2 Å². The van der Waals surface area contributed by atoms with E-state index in [2.05, 4.69) is 25.6 Å². The average Bonchev–Trinajstić information content (AvgIpc) is 3.73. The van der Waals surface area contributed by atoms with Gasteiger partial charge < -0.3 is 40.2 Å². The van der Waals surface area contributed by atoms with Crippen molar-refractivity contribution in [2.24, 2.45) is 0 Å². The van der Waals surface area contributed by atoms with E-state index >= 15 is 0 Å². The minimum Gasteiger partial charge on any atom is -0.392 e. The first kappa shape index (κ1) is 35.7. The summed E-state index contributed by atoms with van der Waals surface area (Å²) in [4.78, 5) is 36.8. The molecule has 5 aromatic rings. The van der Waals surface area contributed by atoms with Gasteiger partial charge in [-0.15, -0.1) is 0 Å². The molecule has 1 fully saturated rings. The zero-order valence-electron chi connectivity index (χ0n) is 28.2. The molecule has 3 heterocycles. The predicted octanol–water partition coefficient (Wildman–Crippen LogP) is 2.56. The number of ether oxygens (including phenoxy) is 3. The molecule has 0 bridgehead atoms. The van der Waals surface area contributed by atoms with Crippen molar-refractivity contribution in [3.8, 4) is 0 Å².